The van der Waals surface area contributed by atoms with Crippen molar-refractivity contribution in [3.05, 3.63) is 0 Å². The molecule has 0 saturated carbocycles. The number of aliphatic imine (C=N–C) groups is 1. The Labute approximate surface area is 196 Å². The van der Waals surface area contributed by atoms with E-state index in [4.69, 9.17) is 0 Å². The van der Waals surface area contributed by atoms with Gasteiger partial charge in [-0.25, -0.2) is 8.42 Å². The number of hydrogen-bond acceptors (Lipinski definition) is 4. The van der Waals surface area contributed by atoms with E-state index in [-0.39, 0.29) is 43.0 Å². The van der Waals surface area contributed by atoms with E-state index >= 15 is 0 Å². The Morgan fingerprint density at radius 3 is 2.10 bits per heavy atom. The van der Waals surface area contributed by atoms with E-state index < -0.39 is 15.5 Å². The van der Waals surface area contributed by atoms with Crippen LogP contribution in [0.25, 0.3) is 0 Å². The molecule has 7 nitrogen and oxygen atoms in total. The molecule has 1 saturated heterocycles. The van der Waals surface area contributed by atoms with Gasteiger partial charge in [0, 0.05) is 51.4 Å². The zero-order chi connectivity index (χ0) is 22.2. The molecule has 0 aromatic heterocycles. The van der Waals surface area contributed by atoms with Crippen LogP contribution < -0.4 is 10.6 Å². The highest BCUT2D eigenvalue weighted by atomic mass is 127. The van der Waals surface area contributed by atoms with E-state index in [0.717, 1.165) is 13.1 Å². The second-order valence-corrected chi connectivity index (χ2v) is 9.79. The van der Waals surface area contributed by atoms with Gasteiger partial charge < -0.3 is 10.6 Å². The van der Waals surface area contributed by atoms with Gasteiger partial charge in [0.2, 0.25) is 0 Å². The third kappa shape index (κ3) is 9.03. The van der Waals surface area contributed by atoms with Gasteiger partial charge in [0.25, 0.3) is 0 Å². The van der Waals surface area contributed by atoms with E-state index in [9.17, 15) is 21.6 Å². The highest BCUT2D eigenvalue weighted by molar-refractivity contribution is 14.0. The average Bonchev–Trinajstić information content (AvgIpc) is 2.61. The van der Waals surface area contributed by atoms with E-state index in [1.807, 2.05) is 6.92 Å². The first-order chi connectivity index (χ1) is 13.4. The fourth-order valence-electron chi connectivity index (χ4n) is 3.46. The van der Waals surface area contributed by atoms with Gasteiger partial charge in [0.1, 0.15) is 0 Å². The second kappa shape index (κ2) is 13.3. The number of alkyl halides is 3. The van der Waals surface area contributed by atoms with Crippen LogP contribution in [-0.4, -0.2) is 80.4 Å². The Hall–Kier alpha value is -0.340. The van der Waals surface area contributed by atoms with Crippen LogP contribution in [0.2, 0.25) is 0 Å². The van der Waals surface area contributed by atoms with Gasteiger partial charge in [-0.05, 0) is 53.4 Å². The summed E-state index contributed by atoms with van der Waals surface area (Å²) in [6.45, 7) is 13.1. The van der Waals surface area contributed by atoms with Crippen LogP contribution in [-0.2, 0) is 10.0 Å². The van der Waals surface area contributed by atoms with E-state index in [0.29, 0.717) is 48.3 Å². The molecule has 2 N–H and O–H groups in total. The first-order valence-corrected chi connectivity index (χ1v) is 11.7. The van der Waals surface area contributed by atoms with E-state index in [2.05, 4.69) is 48.2 Å². The zero-order valence-corrected chi connectivity index (χ0v) is 21.6. The van der Waals surface area contributed by atoms with E-state index in [1.165, 1.54) is 0 Å². The number of piperidine rings is 1. The summed E-state index contributed by atoms with van der Waals surface area (Å²) in [4.78, 5) is 6.91. The molecule has 180 valence electrons. The van der Waals surface area contributed by atoms with Gasteiger partial charge >= 0.3 is 15.5 Å². The summed E-state index contributed by atoms with van der Waals surface area (Å²) in [5.74, 6) is 0.735. The maximum atomic E-state index is 12.7. The van der Waals surface area contributed by atoms with Crippen molar-refractivity contribution in [2.45, 2.75) is 65.1 Å². The molecule has 0 radical (unpaired) electrons. The van der Waals surface area contributed by atoms with E-state index in [1.54, 1.807) is 0 Å². The molecule has 0 aliphatic carbocycles. The number of nitrogens with zero attached hydrogens (tertiary/aromatic N) is 3. The van der Waals surface area contributed by atoms with Gasteiger partial charge in [-0.2, -0.15) is 17.5 Å². The monoisotopic (exact) mass is 571 g/mol. The lowest BCUT2D eigenvalue weighted by molar-refractivity contribution is -0.0496. The molecule has 0 bridgehead atoms. The Balaban J connectivity index is 0.00000841. The molecule has 0 aromatic rings. The maximum Gasteiger partial charge on any atom is 0.511 e. The summed E-state index contributed by atoms with van der Waals surface area (Å²) in [5, 5.41) is 6.47. The number of guanidine groups is 1. The normalized spacial score (nSPS) is 17.5. The topological polar surface area (TPSA) is 77.0 Å². The van der Waals surface area contributed by atoms with Gasteiger partial charge in [-0.15, -0.1) is 24.0 Å². The minimum absolute atomic E-state index is 0. The lowest BCUT2D eigenvalue weighted by atomic mass is 9.98. The highest BCUT2D eigenvalue weighted by Crippen LogP contribution is 2.30. The maximum absolute atomic E-state index is 12.7. The highest BCUT2D eigenvalue weighted by Gasteiger charge is 2.50. The van der Waals surface area contributed by atoms with Crippen LogP contribution in [0, 0.1) is 5.92 Å². The number of sulfonamides is 1. The summed E-state index contributed by atoms with van der Waals surface area (Å²) in [6.07, 6.45) is 0.735. The Kier molecular flexibility index (Phi) is 13.1. The molecular formula is C18H37F3IN5O2S. The van der Waals surface area contributed by atoms with Crippen molar-refractivity contribution in [1.29, 1.82) is 0 Å². The molecule has 1 heterocycles. The smallest absolute Gasteiger partial charge is 0.357 e. The van der Waals surface area contributed by atoms with Crippen LogP contribution in [0.4, 0.5) is 13.2 Å². The summed E-state index contributed by atoms with van der Waals surface area (Å²) in [6, 6.07) is 0.879. The minimum Gasteiger partial charge on any atom is -0.357 e. The quantitative estimate of drug-likeness (QED) is 0.253. The largest absolute Gasteiger partial charge is 0.511 e. The number of hydrogen-bond donors (Lipinski definition) is 2. The van der Waals surface area contributed by atoms with Gasteiger partial charge in [0.15, 0.2) is 5.96 Å². The summed E-state index contributed by atoms with van der Waals surface area (Å²) < 4.78 is 61.5. The van der Waals surface area contributed by atoms with Crippen LogP contribution in [0.3, 0.4) is 0 Å². The number of rotatable bonds is 9. The fourth-order valence-corrected chi connectivity index (χ4v) is 4.44. The van der Waals surface area contributed by atoms with Crippen molar-refractivity contribution >= 4 is 40.0 Å². The molecule has 30 heavy (non-hydrogen) atoms. The fraction of sp³-hybridized carbons (Fsp3) is 0.944. The predicted octanol–water partition coefficient (Wildman–Crippen LogP) is 2.84. The summed E-state index contributed by atoms with van der Waals surface area (Å²) >= 11 is 0. The number of nitrogens with one attached hydrogen (secondary N) is 2. The molecule has 0 amide bonds. The molecule has 0 atom stereocenters. The minimum atomic E-state index is -5.24. The standard InChI is InChI=1S/C18H36F3N5O2S.HI/c1-6-22-17(23-9-12-26(14(2)3)15(4)5)24-13-16-7-10-25(11-8-16)29(27,28)18(19,20)21;/h14-16H,6-13H2,1-5H3,(H2,22,23,24);1H. The Bertz CT molecular complexity index is 614. The summed E-state index contributed by atoms with van der Waals surface area (Å²) in [7, 11) is -5.23. The third-order valence-corrected chi connectivity index (χ3v) is 6.68. The van der Waals surface area contributed by atoms with Crippen molar-refractivity contribution in [1.82, 2.24) is 19.8 Å². The van der Waals surface area contributed by atoms with Crippen LogP contribution >= 0.6 is 24.0 Å². The SMILES string of the molecule is CCNC(=NCC1CCN(S(=O)(=O)C(F)(F)F)CC1)NCCN(C(C)C)C(C)C.I. The van der Waals surface area contributed by atoms with Crippen molar-refractivity contribution in [3.63, 3.8) is 0 Å². The first-order valence-electron chi connectivity index (χ1n) is 10.2. The summed E-state index contributed by atoms with van der Waals surface area (Å²) in [5.41, 5.74) is -5.24. The molecule has 0 spiro atoms. The molecule has 0 aromatic carbocycles. The Morgan fingerprint density at radius 1 is 1.13 bits per heavy atom. The molecular weight excluding hydrogens is 534 g/mol. The number of halogens is 4. The van der Waals surface area contributed by atoms with Crippen molar-refractivity contribution in [2.24, 2.45) is 10.9 Å². The van der Waals surface area contributed by atoms with Crippen LogP contribution in [0.1, 0.15) is 47.5 Å². The van der Waals surface area contributed by atoms with Gasteiger partial charge in [0.05, 0.1) is 0 Å². The van der Waals surface area contributed by atoms with Crippen molar-refractivity contribution in [3.8, 4) is 0 Å². The average molecular weight is 571 g/mol. The second-order valence-electron chi connectivity index (χ2n) is 7.86. The third-order valence-electron chi connectivity index (χ3n) is 5.05. The van der Waals surface area contributed by atoms with Crippen LogP contribution in [0.15, 0.2) is 4.99 Å². The Morgan fingerprint density at radius 2 is 1.67 bits per heavy atom. The lowest BCUT2D eigenvalue weighted by Gasteiger charge is -2.31. The van der Waals surface area contributed by atoms with Gasteiger partial charge in [-0.3, -0.25) is 9.89 Å². The predicted molar refractivity (Wildman–Crippen MR) is 126 cm³/mol. The van der Waals surface area contributed by atoms with Crippen molar-refractivity contribution in [2.75, 3.05) is 39.3 Å². The molecule has 1 rings (SSSR count). The molecule has 1 fully saturated rings. The van der Waals surface area contributed by atoms with Crippen LogP contribution in [0.5, 0.6) is 0 Å². The van der Waals surface area contributed by atoms with Crippen molar-refractivity contribution < 1.29 is 21.6 Å². The first kappa shape index (κ1) is 29.7. The lowest BCUT2D eigenvalue weighted by Crippen LogP contribution is -2.46. The molecule has 0 unspecified atom stereocenters. The molecule has 1 aliphatic heterocycles. The van der Waals surface area contributed by atoms with Gasteiger partial charge in [-0.1, -0.05) is 0 Å². The molecule has 12 heteroatoms. The zero-order valence-electron chi connectivity index (χ0n) is 18.5. The molecule has 1 aliphatic rings.